The van der Waals surface area contributed by atoms with Gasteiger partial charge in [-0.2, -0.15) is 13.2 Å². The summed E-state index contributed by atoms with van der Waals surface area (Å²) in [6, 6.07) is 0. The number of ether oxygens (including phenoxy) is 2. The molecule has 2 nitrogen and oxygen atoms in total. The first-order valence-electron chi connectivity index (χ1n) is 3.30. The van der Waals surface area contributed by atoms with Crippen molar-refractivity contribution in [2.75, 3.05) is 26.4 Å². The van der Waals surface area contributed by atoms with Crippen LogP contribution < -0.4 is 0 Å². The highest BCUT2D eigenvalue weighted by Crippen LogP contribution is 2.16. The second-order valence-corrected chi connectivity index (χ2v) is 2.53. The SMILES string of the molecule is FC(F)(F)COCC1COC1. The quantitative estimate of drug-likeness (QED) is 0.633. The van der Waals surface area contributed by atoms with E-state index >= 15 is 0 Å². The van der Waals surface area contributed by atoms with Crippen molar-refractivity contribution >= 4 is 0 Å². The lowest BCUT2D eigenvalue weighted by Gasteiger charge is -2.25. The molecule has 0 saturated carbocycles. The molecule has 0 aromatic carbocycles. The maximum absolute atomic E-state index is 11.5. The van der Waals surface area contributed by atoms with Crippen LogP contribution in [0.3, 0.4) is 0 Å². The molecule has 1 rings (SSSR count). The molecule has 0 unspecified atom stereocenters. The van der Waals surface area contributed by atoms with E-state index in [4.69, 9.17) is 4.74 Å². The van der Waals surface area contributed by atoms with E-state index in [-0.39, 0.29) is 12.5 Å². The van der Waals surface area contributed by atoms with Crippen molar-refractivity contribution in [2.24, 2.45) is 5.92 Å². The lowest BCUT2D eigenvalue weighted by atomic mass is 10.1. The highest BCUT2D eigenvalue weighted by Gasteiger charge is 2.28. The third-order valence-electron chi connectivity index (χ3n) is 1.33. The Bertz CT molecular complexity index is 119. The second kappa shape index (κ2) is 3.40. The van der Waals surface area contributed by atoms with Gasteiger partial charge in [0.25, 0.3) is 0 Å². The number of alkyl halides is 3. The zero-order valence-corrected chi connectivity index (χ0v) is 5.86. The standard InChI is InChI=1S/C6H9F3O2/c7-6(8,9)4-11-3-5-1-10-2-5/h5H,1-4H2. The molecule has 0 aromatic heterocycles. The summed E-state index contributed by atoms with van der Waals surface area (Å²) < 4.78 is 43.6. The van der Waals surface area contributed by atoms with Crippen LogP contribution in [-0.4, -0.2) is 32.6 Å². The molecule has 0 atom stereocenters. The van der Waals surface area contributed by atoms with Crippen LogP contribution in [0.4, 0.5) is 13.2 Å². The van der Waals surface area contributed by atoms with Crippen LogP contribution in [0.2, 0.25) is 0 Å². The van der Waals surface area contributed by atoms with Gasteiger partial charge in [0, 0.05) is 5.92 Å². The molecule has 66 valence electrons. The minimum atomic E-state index is -4.20. The Labute approximate surface area is 62.3 Å². The van der Waals surface area contributed by atoms with Crippen LogP contribution in [0.25, 0.3) is 0 Å². The lowest BCUT2D eigenvalue weighted by molar-refractivity contribution is -0.185. The van der Waals surface area contributed by atoms with E-state index in [0.29, 0.717) is 13.2 Å². The van der Waals surface area contributed by atoms with Gasteiger partial charge in [-0.15, -0.1) is 0 Å². The average molecular weight is 170 g/mol. The van der Waals surface area contributed by atoms with Crippen LogP contribution in [0.1, 0.15) is 0 Å². The Morgan fingerprint density at radius 2 is 2.00 bits per heavy atom. The lowest BCUT2D eigenvalue weighted by Crippen LogP contribution is -2.33. The van der Waals surface area contributed by atoms with Crippen molar-refractivity contribution in [2.45, 2.75) is 6.18 Å². The average Bonchev–Trinajstić information content (AvgIpc) is 1.73. The molecule has 0 amide bonds. The summed E-state index contributed by atoms with van der Waals surface area (Å²) in [5, 5.41) is 0. The number of hydrogen-bond donors (Lipinski definition) is 0. The predicted molar refractivity (Wildman–Crippen MR) is 31.2 cm³/mol. The van der Waals surface area contributed by atoms with E-state index in [2.05, 4.69) is 4.74 Å². The Hall–Kier alpha value is -0.290. The maximum atomic E-state index is 11.5. The molecule has 1 aliphatic rings. The Morgan fingerprint density at radius 3 is 2.36 bits per heavy atom. The largest absolute Gasteiger partial charge is 0.411 e. The molecule has 0 aromatic rings. The van der Waals surface area contributed by atoms with E-state index in [1.165, 1.54) is 0 Å². The van der Waals surface area contributed by atoms with E-state index in [0.717, 1.165) is 0 Å². The normalized spacial score (nSPS) is 19.9. The number of hydrogen-bond acceptors (Lipinski definition) is 2. The molecule has 0 bridgehead atoms. The van der Waals surface area contributed by atoms with Gasteiger partial charge < -0.3 is 9.47 Å². The van der Waals surface area contributed by atoms with Crippen LogP contribution in [0, 0.1) is 5.92 Å². The van der Waals surface area contributed by atoms with E-state index in [9.17, 15) is 13.2 Å². The third-order valence-corrected chi connectivity index (χ3v) is 1.33. The molecule has 5 heteroatoms. The summed E-state index contributed by atoms with van der Waals surface area (Å²) in [5.74, 6) is 0.164. The van der Waals surface area contributed by atoms with E-state index in [1.54, 1.807) is 0 Å². The first-order chi connectivity index (χ1) is 5.08. The van der Waals surface area contributed by atoms with E-state index in [1.807, 2.05) is 0 Å². The Morgan fingerprint density at radius 1 is 1.36 bits per heavy atom. The molecule has 1 aliphatic heterocycles. The summed E-state index contributed by atoms with van der Waals surface area (Å²) in [6.45, 7) is 0.0543. The van der Waals surface area contributed by atoms with E-state index < -0.39 is 12.8 Å². The van der Waals surface area contributed by atoms with Gasteiger partial charge >= 0.3 is 6.18 Å². The second-order valence-electron chi connectivity index (χ2n) is 2.53. The molecule has 11 heavy (non-hydrogen) atoms. The maximum Gasteiger partial charge on any atom is 0.411 e. The molecule has 1 fully saturated rings. The van der Waals surface area contributed by atoms with Gasteiger partial charge in [0.05, 0.1) is 19.8 Å². The van der Waals surface area contributed by atoms with Crippen molar-refractivity contribution in [1.29, 1.82) is 0 Å². The fourth-order valence-corrected chi connectivity index (χ4v) is 0.722. The number of halogens is 3. The molecular formula is C6H9F3O2. The zero-order valence-electron chi connectivity index (χ0n) is 5.86. The van der Waals surface area contributed by atoms with Gasteiger partial charge in [-0.1, -0.05) is 0 Å². The highest BCUT2D eigenvalue weighted by molar-refractivity contribution is 4.64. The fraction of sp³-hybridized carbons (Fsp3) is 1.00. The van der Waals surface area contributed by atoms with Crippen molar-refractivity contribution in [3.63, 3.8) is 0 Å². The van der Waals surface area contributed by atoms with Crippen LogP contribution in [0.5, 0.6) is 0 Å². The number of rotatable bonds is 3. The molecule has 0 aliphatic carbocycles. The van der Waals surface area contributed by atoms with Gasteiger partial charge in [-0.05, 0) is 0 Å². The minimum Gasteiger partial charge on any atom is -0.381 e. The van der Waals surface area contributed by atoms with Gasteiger partial charge in [0.15, 0.2) is 0 Å². The Balaban J connectivity index is 1.95. The van der Waals surface area contributed by atoms with Gasteiger partial charge in [-0.3, -0.25) is 0 Å². The summed E-state index contributed by atoms with van der Waals surface area (Å²) >= 11 is 0. The first-order valence-corrected chi connectivity index (χ1v) is 3.30. The first kappa shape index (κ1) is 8.80. The highest BCUT2D eigenvalue weighted by atomic mass is 19.4. The molecular weight excluding hydrogens is 161 g/mol. The minimum absolute atomic E-state index is 0.152. The monoisotopic (exact) mass is 170 g/mol. The molecule has 0 spiro atoms. The van der Waals surface area contributed by atoms with Crippen molar-refractivity contribution in [3.8, 4) is 0 Å². The molecule has 0 N–H and O–H groups in total. The topological polar surface area (TPSA) is 18.5 Å². The summed E-state index contributed by atoms with van der Waals surface area (Å²) in [5.41, 5.74) is 0. The summed E-state index contributed by atoms with van der Waals surface area (Å²) in [7, 11) is 0. The van der Waals surface area contributed by atoms with Crippen molar-refractivity contribution in [3.05, 3.63) is 0 Å². The third kappa shape index (κ3) is 3.57. The Kier molecular flexibility index (Phi) is 2.72. The summed E-state index contributed by atoms with van der Waals surface area (Å²) in [4.78, 5) is 0. The fourth-order valence-electron chi connectivity index (χ4n) is 0.722. The van der Waals surface area contributed by atoms with Crippen molar-refractivity contribution < 1.29 is 22.6 Å². The van der Waals surface area contributed by atoms with Gasteiger partial charge in [0.2, 0.25) is 0 Å². The van der Waals surface area contributed by atoms with Gasteiger partial charge in [-0.25, -0.2) is 0 Å². The molecule has 0 radical (unpaired) electrons. The van der Waals surface area contributed by atoms with Gasteiger partial charge in [0.1, 0.15) is 6.61 Å². The predicted octanol–water partition coefficient (Wildman–Crippen LogP) is 1.21. The molecule has 1 heterocycles. The van der Waals surface area contributed by atoms with Crippen molar-refractivity contribution in [1.82, 2.24) is 0 Å². The smallest absolute Gasteiger partial charge is 0.381 e. The molecule has 1 saturated heterocycles. The van der Waals surface area contributed by atoms with Crippen LogP contribution in [0.15, 0.2) is 0 Å². The van der Waals surface area contributed by atoms with Crippen LogP contribution >= 0.6 is 0 Å². The van der Waals surface area contributed by atoms with Crippen LogP contribution in [-0.2, 0) is 9.47 Å². The summed E-state index contributed by atoms with van der Waals surface area (Å²) in [6.07, 6.45) is -4.20. The zero-order chi connectivity index (χ0) is 8.32.